The van der Waals surface area contributed by atoms with E-state index in [1.54, 1.807) is 0 Å². The maximum absolute atomic E-state index is 9.13. The van der Waals surface area contributed by atoms with Crippen molar-refractivity contribution in [2.75, 3.05) is 19.8 Å². The second-order valence-electron chi connectivity index (χ2n) is 5.01. The van der Waals surface area contributed by atoms with E-state index < -0.39 is 5.54 Å². The molecule has 90 valence electrons. The van der Waals surface area contributed by atoms with Crippen molar-refractivity contribution in [3.63, 3.8) is 0 Å². The van der Waals surface area contributed by atoms with Crippen molar-refractivity contribution in [2.45, 2.75) is 50.3 Å². The summed E-state index contributed by atoms with van der Waals surface area (Å²) < 4.78 is 11.1. The fourth-order valence-electron chi connectivity index (χ4n) is 1.95. The maximum Gasteiger partial charge on any atom is 0.127 e. The molecule has 2 aliphatic rings. The molecule has 1 aliphatic heterocycles. The largest absolute Gasteiger partial charge is 0.376 e. The molecule has 2 fully saturated rings. The lowest BCUT2D eigenvalue weighted by molar-refractivity contribution is 0.00421. The molecule has 2 atom stereocenters. The van der Waals surface area contributed by atoms with Crippen LogP contribution in [-0.4, -0.2) is 37.5 Å². The van der Waals surface area contributed by atoms with E-state index in [0.29, 0.717) is 19.3 Å². The predicted octanol–water partition coefficient (Wildman–Crippen LogP) is 1.22. The monoisotopic (exact) mass is 224 g/mol. The minimum absolute atomic E-state index is 0.240. The van der Waals surface area contributed by atoms with Gasteiger partial charge in [0, 0.05) is 12.6 Å². The van der Waals surface area contributed by atoms with Crippen molar-refractivity contribution in [1.29, 1.82) is 5.26 Å². The molecule has 4 nitrogen and oxygen atoms in total. The number of nitrogens with one attached hydrogen (secondary N) is 1. The van der Waals surface area contributed by atoms with Gasteiger partial charge in [0.05, 0.1) is 25.4 Å². The van der Waals surface area contributed by atoms with Crippen LogP contribution in [0, 0.1) is 11.3 Å². The van der Waals surface area contributed by atoms with E-state index in [4.69, 9.17) is 14.7 Å². The lowest BCUT2D eigenvalue weighted by atomic mass is 10.1. The molecule has 2 unspecified atom stereocenters. The minimum Gasteiger partial charge on any atom is -0.376 e. The van der Waals surface area contributed by atoms with Gasteiger partial charge in [-0.3, -0.25) is 5.32 Å². The van der Waals surface area contributed by atoms with Gasteiger partial charge >= 0.3 is 0 Å². The number of hydrogen-bond acceptors (Lipinski definition) is 4. The number of ether oxygens (including phenoxy) is 2. The van der Waals surface area contributed by atoms with Crippen molar-refractivity contribution in [2.24, 2.45) is 0 Å². The zero-order valence-electron chi connectivity index (χ0n) is 9.87. The summed E-state index contributed by atoms with van der Waals surface area (Å²) in [7, 11) is 0. The quantitative estimate of drug-likeness (QED) is 0.737. The lowest BCUT2D eigenvalue weighted by Gasteiger charge is -2.23. The number of hydrogen-bond donors (Lipinski definition) is 1. The van der Waals surface area contributed by atoms with Crippen LogP contribution in [0.15, 0.2) is 0 Å². The SMILES string of the molecule is CC(C#N)(COCC1CCCO1)NC1CC1. The third-order valence-electron chi connectivity index (χ3n) is 3.07. The van der Waals surface area contributed by atoms with Crippen LogP contribution in [0.3, 0.4) is 0 Å². The molecule has 0 bridgehead atoms. The number of rotatable bonds is 6. The molecule has 4 heteroatoms. The highest BCUT2D eigenvalue weighted by atomic mass is 16.5. The Morgan fingerprint density at radius 1 is 1.50 bits per heavy atom. The van der Waals surface area contributed by atoms with Crippen molar-refractivity contribution < 1.29 is 9.47 Å². The van der Waals surface area contributed by atoms with Gasteiger partial charge in [-0.1, -0.05) is 0 Å². The highest BCUT2D eigenvalue weighted by Crippen LogP contribution is 2.22. The third-order valence-corrected chi connectivity index (χ3v) is 3.07. The summed E-state index contributed by atoms with van der Waals surface area (Å²) in [6, 6.07) is 2.82. The van der Waals surface area contributed by atoms with Crippen LogP contribution in [0.2, 0.25) is 0 Å². The molecule has 0 aromatic rings. The Kier molecular flexibility index (Phi) is 3.80. The maximum atomic E-state index is 9.13. The molecular weight excluding hydrogens is 204 g/mol. The van der Waals surface area contributed by atoms with E-state index in [9.17, 15) is 0 Å². The van der Waals surface area contributed by atoms with Gasteiger partial charge in [0.15, 0.2) is 0 Å². The predicted molar refractivity (Wildman–Crippen MR) is 60.0 cm³/mol. The standard InChI is InChI=1S/C12H20N2O2/c1-12(8-13,14-10-4-5-10)9-15-7-11-3-2-6-16-11/h10-11,14H,2-7,9H2,1H3. The van der Waals surface area contributed by atoms with Gasteiger partial charge in [0.2, 0.25) is 0 Å². The minimum atomic E-state index is -0.542. The van der Waals surface area contributed by atoms with Crippen LogP contribution < -0.4 is 5.32 Å². The first-order chi connectivity index (χ1) is 7.72. The molecule has 16 heavy (non-hydrogen) atoms. The smallest absolute Gasteiger partial charge is 0.127 e. The van der Waals surface area contributed by atoms with Crippen molar-refractivity contribution in [3.8, 4) is 6.07 Å². The Labute approximate surface area is 96.9 Å². The van der Waals surface area contributed by atoms with Gasteiger partial charge in [-0.2, -0.15) is 5.26 Å². The molecule has 0 radical (unpaired) electrons. The Hall–Kier alpha value is -0.630. The molecular formula is C12H20N2O2. The Bertz CT molecular complexity index is 267. The molecule has 2 rings (SSSR count). The Balaban J connectivity index is 1.67. The first kappa shape index (κ1) is 11.8. The molecule has 1 saturated carbocycles. The highest BCUT2D eigenvalue weighted by molar-refractivity contribution is 5.07. The zero-order valence-corrected chi connectivity index (χ0v) is 9.87. The van der Waals surface area contributed by atoms with Crippen molar-refractivity contribution in [3.05, 3.63) is 0 Å². The number of nitrogens with zero attached hydrogens (tertiary/aromatic N) is 1. The molecule has 0 aromatic heterocycles. The summed E-state index contributed by atoms with van der Waals surface area (Å²) >= 11 is 0. The van der Waals surface area contributed by atoms with Crippen LogP contribution in [-0.2, 0) is 9.47 Å². The first-order valence-electron chi connectivity index (χ1n) is 6.10. The van der Waals surface area contributed by atoms with Gasteiger partial charge in [0.25, 0.3) is 0 Å². The molecule has 0 spiro atoms. The van der Waals surface area contributed by atoms with E-state index in [1.807, 2.05) is 6.92 Å². The summed E-state index contributed by atoms with van der Waals surface area (Å²) in [4.78, 5) is 0. The zero-order chi connectivity index (χ0) is 11.4. The molecule has 1 saturated heterocycles. The summed E-state index contributed by atoms with van der Waals surface area (Å²) in [6.07, 6.45) is 4.82. The van der Waals surface area contributed by atoms with Crippen molar-refractivity contribution in [1.82, 2.24) is 5.32 Å². The first-order valence-corrected chi connectivity index (χ1v) is 6.10. The summed E-state index contributed by atoms with van der Waals surface area (Å²) in [5.74, 6) is 0. The van der Waals surface area contributed by atoms with Crippen LogP contribution >= 0.6 is 0 Å². The van der Waals surface area contributed by atoms with Crippen LogP contribution in [0.25, 0.3) is 0 Å². The van der Waals surface area contributed by atoms with E-state index in [0.717, 1.165) is 19.4 Å². The summed E-state index contributed by atoms with van der Waals surface area (Å²) in [5, 5.41) is 12.4. The Morgan fingerprint density at radius 3 is 2.88 bits per heavy atom. The van der Waals surface area contributed by atoms with Gasteiger partial charge in [-0.25, -0.2) is 0 Å². The summed E-state index contributed by atoms with van der Waals surface area (Å²) in [5.41, 5.74) is -0.542. The third kappa shape index (κ3) is 3.44. The lowest BCUT2D eigenvalue weighted by Crippen LogP contribution is -2.46. The average Bonchev–Trinajstić information content (AvgIpc) is 2.92. The fourth-order valence-corrected chi connectivity index (χ4v) is 1.95. The molecule has 0 amide bonds. The van der Waals surface area contributed by atoms with E-state index in [1.165, 1.54) is 12.8 Å². The second kappa shape index (κ2) is 5.13. The van der Waals surface area contributed by atoms with E-state index in [2.05, 4.69) is 11.4 Å². The highest BCUT2D eigenvalue weighted by Gasteiger charge is 2.33. The fraction of sp³-hybridized carbons (Fsp3) is 0.917. The van der Waals surface area contributed by atoms with Crippen LogP contribution in [0.4, 0.5) is 0 Å². The Morgan fingerprint density at radius 2 is 2.31 bits per heavy atom. The van der Waals surface area contributed by atoms with Crippen LogP contribution in [0.5, 0.6) is 0 Å². The molecule has 1 heterocycles. The molecule has 0 aromatic carbocycles. The average molecular weight is 224 g/mol. The van der Waals surface area contributed by atoms with E-state index >= 15 is 0 Å². The van der Waals surface area contributed by atoms with Crippen molar-refractivity contribution >= 4 is 0 Å². The van der Waals surface area contributed by atoms with Gasteiger partial charge in [-0.15, -0.1) is 0 Å². The van der Waals surface area contributed by atoms with Gasteiger partial charge in [0.1, 0.15) is 5.54 Å². The van der Waals surface area contributed by atoms with Gasteiger partial charge in [-0.05, 0) is 32.6 Å². The van der Waals surface area contributed by atoms with Crippen LogP contribution in [0.1, 0.15) is 32.6 Å². The normalized spacial score (nSPS) is 28.6. The summed E-state index contributed by atoms with van der Waals surface area (Å²) in [6.45, 7) is 3.81. The topological polar surface area (TPSA) is 54.3 Å². The van der Waals surface area contributed by atoms with Gasteiger partial charge < -0.3 is 9.47 Å². The second-order valence-corrected chi connectivity index (χ2v) is 5.01. The molecule has 1 aliphatic carbocycles. The molecule has 1 N–H and O–H groups in total. The van der Waals surface area contributed by atoms with E-state index in [-0.39, 0.29) is 6.10 Å². The number of nitriles is 1.